The molecule has 102 valence electrons. The molecule has 19 heavy (non-hydrogen) atoms. The third-order valence-electron chi connectivity index (χ3n) is 3.24. The highest BCUT2D eigenvalue weighted by molar-refractivity contribution is 9.10. The molecule has 1 aromatic heterocycles. The van der Waals surface area contributed by atoms with Crippen molar-refractivity contribution in [2.45, 2.75) is 25.6 Å². The van der Waals surface area contributed by atoms with Gasteiger partial charge < -0.3 is 5.73 Å². The summed E-state index contributed by atoms with van der Waals surface area (Å²) in [5, 5.41) is 4.29. The third kappa shape index (κ3) is 3.66. The lowest BCUT2D eigenvalue weighted by Gasteiger charge is -2.31. The van der Waals surface area contributed by atoms with Crippen LogP contribution in [0.25, 0.3) is 0 Å². The van der Waals surface area contributed by atoms with Crippen LogP contribution in [-0.2, 0) is 6.54 Å². The lowest BCUT2D eigenvalue weighted by Crippen LogP contribution is -2.36. The van der Waals surface area contributed by atoms with Crippen LogP contribution in [0.2, 0.25) is 0 Å². The molecule has 0 aliphatic rings. The molecule has 0 aliphatic heterocycles. The fraction of sp³-hybridized carbons (Fsp3) is 0.333. The molecule has 2 nitrogen and oxygen atoms in total. The van der Waals surface area contributed by atoms with Gasteiger partial charge in [0, 0.05) is 17.1 Å². The highest BCUT2D eigenvalue weighted by Crippen LogP contribution is 2.27. The fourth-order valence-electron chi connectivity index (χ4n) is 2.40. The van der Waals surface area contributed by atoms with Crippen molar-refractivity contribution >= 4 is 27.3 Å². The summed E-state index contributed by atoms with van der Waals surface area (Å²) in [6, 6.07) is 10.8. The van der Waals surface area contributed by atoms with E-state index in [9.17, 15) is 0 Å². The van der Waals surface area contributed by atoms with Crippen LogP contribution in [0, 0.1) is 0 Å². The van der Waals surface area contributed by atoms with Crippen LogP contribution in [0.4, 0.5) is 0 Å². The first-order chi connectivity index (χ1) is 9.09. The number of nitrogens with zero attached hydrogens (tertiary/aromatic N) is 1. The van der Waals surface area contributed by atoms with E-state index >= 15 is 0 Å². The van der Waals surface area contributed by atoms with E-state index in [1.165, 1.54) is 11.1 Å². The minimum Gasteiger partial charge on any atom is -0.326 e. The minimum atomic E-state index is 0.0992. The van der Waals surface area contributed by atoms with E-state index in [1.54, 1.807) is 11.3 Å². The summed E-state index contributed by atoms with van der Waals surface area (Å²) in [5.74, 6) is 0. The lowest BCUT2D eigenvalue weighted by molar-refractivity contribution is 0.211. The van der Waals surface area contributed by atoms with E-state index in [4.69, 9.17) is 5.73 Å². The van der Waals surface area contributed by atoms with Crippen molar-refractivity contribution in [3.8, 4) is 0 Å². The van der Waals surface area contributed by atoms with Gasteiger partial charge in [-0.3, -0.25) is 4.90 Å². The summed E-state index contributed by atoms with van der Waals surface area (Å²) in [5.41, 5.74) is 8.76. The summed E-state index contributed by atoms with van der Waals surface area (Å²) in [6.07, 6.45) is 0. The topological polar surface area (TPSA) is 29.3 Å². The fourth-order valence-corrected chi connectivity index (χ4v) is 3.50. The van der Waals surface area contributed by atoms with Crippen LogP contribution in [0.15, 0.2) is 45.6 Å². The minimum absolute atomic E-state index is 0.0992. The van der Waals surface area contributed by atoms with Crippen LogP contribution in [0.1, 0.15) is 24.1 Å². The molecule has 0 amide bonds. The molecule has 0 spiro atoms. The smallest absolute Gasteiger partial charge is 0.0505 e. The molecule has 2 N–H and O–H groups in total. The zero-order valence-corrected chi connectivity index (χ0v) is 13.6. The molecule has 0 aliphatic carbocycles. The molecule has 2 rings (SSSR count). The average Bonchev–Trinajstić information content (AvgIpc) is 2.85. The molecule has 2 unspecified atom stereocenters. The van der Waals surface area contributed by atoms with Gasteiger partial charge in [-0.05, 0) is 48.0 Å². The number of thiophene rings is 1. The largest absolute Gasteiger partial charge is 0.326 e. The van der Waals surface area contributed by atoms with Gasteiger partial charge in [-0.15, -0.1) is 0 Å². The molecule has 0 fully saturated rings. The molecule has 2 atom stereocenters. The van der Waals surface area contributed by atoms with Gasteiger partial charge in [-0.1, -0.05) is 34.1 Å². The van der Waals surface area contributed by atoms with Crippen LogP contribution in [-0.4, -0.2) is 18.0 Å². The molecule has 0 saturated carbocycles. The second-order valence-electron chi connectivity index (χ2n) is 4.87. The summed E-state index contributed by atoms with van der Waals surface area (Å²) < 4.78 is 1.15. The van der Waals surface area contributed by atoms with Gasteiger partial charge in [0.2, 0.25) is 0 Å². The second kappa shape index (κ2) is 6.66. The van der Waals surface area contributed by atoms with Crippen molar-refractivity contribution in [2.75, 3.05) is 7.05 Å². The molecule has 2 aromatic rings. The third-order valence-corrected chi connectivity index (χ3v) is 4.71. The van der Waals surface area contributed by atoms with Gasteiger partial charge in [-0.25, -0.2) is 0 Å². The van der Waals surface area contributed by atoms with Crippen molar-refractivity contribution in [1.82, 2.24) is 4.90 Å². The molecule has 1 heterocycles. The molecular weight excluding hydrogens is 320 g/mol. The van der Waals surface area contributed by atoms with Crippen LogP contribution in [0.5, 0.6) is 0 Å². The standard InChI is InChI=1S/C15H19BrN2S/c1-11(17)15(13-7-8-19-10-13)18(2)9-12-5-3-4-6-14(12)16/h3-8,10-11,15H,9,17H2,1-2H3. The SMILES string of the molecule is CC(N)C(c1ccsc1)N(C)Cc1ccccc1Br. The van der Waals surface area contributed by atoms with Crippen molar-refractivity contribution in [2.24, 2.45) is 5.73 Å². The monoisotopic (exact) mass is 338 g/mol. The highest BCUT2D eigenvalue weighted by atomic mass is 79.9. The summed E-state index contributed by atoms with van der Waals surface area (Å²) in [4.78, 5) is 2.31. The molecule has 0 radical (unpaired) electrons. The van der Waals surface area contributed by atoms with E-state index in [0.717, 1.165) is 11.0 Å². The predicted molar refractivity (Wildman–Crippen MR) is 86.3 cm³/mol. The van der Waals surface area contributed by atoms with Crippen LogP contribution < -0.4 is 5.73 Å². The number of rotatable bonds is 5. The Hall–Kier alpha value is -0.680. The Morgan fingerprint density at radius 1 is 1.32 bits per heavy atom. The number of nitrogens with two attached hydrogens (primary N) is 1. The van der Waals surface area contributed by atoms with Crippen molar-refractivity contribution in [1.29, 1.82) is 0 Å². The van der Waals surface area contributed by atoms with Gasteiger partial charge in [-0.2, -0.15) is 11.3 Å². The predicted octanol–water partition coefficient (Wildman–Crippen LogP) is 4.03. The van der Waals surface area contributed by atoms with Gasteiger partial charge in [0.15, 0.2) is 0 Å². The lowest BCUT2D eigenvalue weighted by atomic mass is 10.0. The van der Waals surface area contributed by atoms with Crippen LogP contribution >= 0.6 is 27.3 Å². The first-order valence-corrected chi connectivity index (χ1v) is 8.04. The number of halogens is 1. The first-order valence-electron chi connectivity index (χ1n) is 6.31. The van der Waals surface area contributed by atoms with Gasteiger partial charge in [0.05, 0.1) is 6.04 Å². The Labute approximate surface area is 127 Å². The number of likely N-dealkylation sites (N-methyl/N-ethyl adjacent to an activating group) is 1. The van der Waals surface area contributed by atoms with E-state index in [0.29, 0.717) is 0 Å². The molecule has 4 heteroatoms. The maximum absolute atomic E-state index is 6.17. The molecule has 0 saturated heterocycles. The number of hydrogen-bond donors (Lipinski definition) is 1. The number of benzene rings is 1. The average molecular weight is 339 g/mol. The van der Waals surface area contributed by atoms with Gasteiger partial charge in [0.25, 0.3) is 0 Å². The maximum Gasteiger partial charge on any atom is 0.0505 e. The highest BCUT2D eigenvalue weighted by Gasteiger charge is 2.22. The first kappa shape index (κ1) is 14.7. The molecule has 1 aromatic carbocycles. The van der Waals surface area contributed by atoms with E-state index in [2.05, 4.69) is 69.8 Å². The zero-order chi connectivity index (χ0) is 13.8. The molecular formula is C15H19BrN2S. The quantitative estimate of drug-likeness (QED) is 0.891. The van der Waals surface area contributed by atoms with Gasteiger partial charge >= 0.3 is 0 Å². The van der Waals surface area contributed by atoms with E-state index in [-0.39, 0.29) is 12.1 Å². The van der Waals surface area contributed by atoms with Crippen LogP contribution in [0.3, 0.4) is 0 Å². The van der Waals surface area contributed by atoms with Crippen molar-refractivity contribution < 1.29 is 0 Å². The Morgan fingerprint density at radius 2 is 2.05 bits per heavy atom. The summed E-state index contributed by atoms with van der Waals surface area (Å²) in [7, 11) is 2.13. The second-order valence-corrected chi connectivity index (χ2v) is 6.50. The Kier molecular flexibility index (Phi) is 5.16. The van der Waals surface area contributed by atoms with Gasteiger partial charge in [0.1, 0.15) is 0 Å². The Bertz CT molecular complexity index is 511. The molecule has 0 bridgehead atoms. The van der Waals surface area contributed by atoms with Crippen molar-refractivity contribution in [3.05, 3.63) is 56.7 Å². The Balaban J connectivity index is 2.17. The summed E-state index contributed by atoms with van der Waals surface area (Å²) >= 11 is 5.32. The summed E-state index contributed by atoms with van der Waals surface area (Å²) in [6.45, 7) is 2.95. The van der Waals surface area contributed by atoms with E-state index in [1.807, 2.05) is 6.07 Å². The number of hydrogen-bond acceptors (Lipinski definition) is 3. The normalized spacial score (nSPS) is 14.6. The zero-order valence-electron chi connectivity index (χ0n) is 11.2. The maximum atomic E-state index is 6.17. The van der Waals surface area contributed by atoms with Crippen molar-refractivity contribution in [3.63, 3.8) is 0 Å². The Morgan fingerprint density at radius 3 is 2.63 bits per heavy atom. The van der Waals surface area contributed by atoms with E-state index < -0.39 is 0 Å².